The highest BCUT2D eigenvalue weighted by atomic mass is 35.5. The van der Waals surface area contributed by atoms with Crippen molar-refractivity contribution in [2.45, 2.75) is 43.2 Å². The second-order valence-electron chi connectivity index (χ2n) is 3.47. The molecule has 1 fully saturated rings. The Labute approximate surface area is 86.9 Å². The van der Waals surface area contributed by atoms with E-state index in [1.165, 1.54) is 0 Å². The zero-order chi connectivity index (χ0) is 10.6. The van der Waals surface area contributed by atoms with Gasteiger partial charge in [0.15, 0.2) is 0 Å². The van der Waals surface area contributed by atoms with Crippen LogP contribution < -0.4 is 11.3 Å². The summed E-state index contributed by atoms with van der Waals surface area (Å²) in [6.45, 7) is 0.725. The Morgan fingerprint density at radius 1 is 1.64 bits per heavy atom. The van der Waals surface area contributed by atoms with Gasteiger partial charge in [-0.1, -0.05) is 0 Å². The molecule has 1 aliphatic heterocycles. The van der Waals surface area contributed by atoms with E-state index in [2.05, 4.69) is 0 Å². The van der Waals surface area contributed by atoms with Crippen LogP contribution in [0.3, 0.4) is 0 Å². The van der Waals surface area contributed by atoms with Crippen LogP contribution in [0, 0.1) is 0 Å². The molecule has 1 rings (SSSR count). The maximum absolute atomic E-state index is 12.6. The highest BCUT2D eigenvalue weighted by Crippen LogP contribution is 2.28. The number of rotatable bonds is 5. The molecule has 14 heavy (non-hydrogen) atoms. The lowest BCUT2D eigenvalue weighted by Crippen LogP contribution is -2.45. The van der Waals surface area contributed by atoms with Gasteiger partial charge in [-0.2, -0.15) is 8.78 Å². The molecule has 2 unspecified atom stereocenters. The predicted octanol–water partition coefficient (Wildman–Crippen LogP) is 1.61. The van der Waals surface area contributed by atoms with E-state index in [9.17, 15) is 8.78 Å². The number of ether oxygens (including phenoxy) is 1. The molecule has 3 nitrogen and oxygen atoms in total. The molecule has 6 heteroatoms. The van der Waals surface area contributed by atoms with Crippen LogP contribution in [0.4, 0.5) is 8.78 Å². The molecule has 1 aliphatic rings. The van der Waals surface area contributed by atoms with Gasteiger partial charge in [0.25, 0.3) is 0 Å². The number of nitrogens with two attached hydrogens (primary N) is 1. The quantitative estimate of drug-likeness (QED) is 0.427. The third-order valence-electron chi connectivity index (χ3n) is 2.40. The van der Waals surface area contributed by atoms with Gasteiger partial charge in [0.05, 0.1) is 12.1 Å². The molecule has 0 aromatic carbocycles. The Balaban J connectivity index is 2.26. The fraction of sp³-hybridized carbons (Fsp3) is 1.00. The second-order valence-corrected chi connectivity index (χ2v) is 3.98. The first-order valence-corrected chi connectivity index (χ1v) is 5.06. The molecular formula is C8H15ClF2N2O. The topological polar surface area (TPSA) is 47.3 Å². The monoisotopic (exact) mass is 228 g/mol. The van der Waals surface area contributed by atoms with Crippen molar-refractivity contribution in [1.82, 2.24) is 5.43 Å². The molecule has 84 valence electrons. The SMILES string of the molecule is NNC(CCC1CCCO1)C(F)(F)Cl. The van der Waals surface area contributed by atoms with E-state index in [1.807, 2.05) is 5.43 Å². The van der Waals surface area contributed by atoms with E-state index in [0.29, 0.717) is 6.42 Å². The number of hydrogen-bond acceptors (Lipinski definition) is 3. The van der Waals surface area contributed by atoms with Gasteiger partial charge in [0, 0.05) is 6.61 Å². The Bertz CT molecular complexity index is 171. The zero-order valence-electron chi connectivity index (χ0n) is 7.81. The van der Waals surface area contributed by atoms with Crippen molar-refractivity contribution in [2.24, 2.45) is 5.84 Å². The molecular weight excluding hydrogens is 214 g/mol. The van der Waals surface area contributed by atoms with Crippen LogP contribution in [0.1, 0.15) is 25.7 Å². The highest BCUT2D eigenvalue weighted by Gasteiger charge is 2.36. The van der Waals surface area contributed by atoms with Crippen LogP contribution in [-0.4, -0.2) is 24.1 Å². The van der Waals surface area contributed by atoms with Crippen molar-refractivity contribution in [3.63, 3.8) is 0 Å². The summed E-state index contributed by atoms with van der Waals surface area (Å²) in [6.07, 6.45) is 2.81. The summed E-state index contributed by atoms with van der Waals surface area (Å²) in [5.74, 6) is 4.99. The van der Waals surface area contributed by atoms with Crippen molar-refractivity contribution in [1.29, 1.82) is 0 Å². The van der Waals surface area contributed by atoms with Crippen LogP contribution in [-0.2, 0) is 4.74 Å². The zero-order valence-corrected chi connectivity index (χ0v) is 8.57. The van der Waals surface area contributed by atoms with E-state index >= 15 is 0 Å². The molecule has 0 aromatic heterocycles. The summed E-state index contributed by atoms with van der Waals surface area (Å²) in [6, 6.07) is -1.19. The Morgan fingerprint density at radius 2 is 2.36 bits per heavy atom. The molecule has 0 aliphatic carbocycles. The van der Waals surface area contributed by atoms with Gasteiger partial charge in [0.1, 0.15) is 0 Å². The van der Waals surface area contributed by atoms with E-state index in [0.717, 1.165) is 19.4 Å². The standard InChI is InChI=1S/C8H15ClF2N2O/c9-8(10,11)7(13-12)4-3-6-2-1-5-14-6/h6-7,13H,1-5,12H2. The Hall–Kier alpha value is 0.0300. The Morgan fingerprint density at radius 3 is 2.79 bits per heavy atom. The average molecular weight is 229 g/mol. The molecule has 2 atom stereocenters. The van der Waals surface area contributed by atoms with Crippen LogP contribution in [0.2, 0.25) is 0 Å². The van der Waals surface area contributed by atoms with Gasteiger partial charge in [0.2, 0.25) is 0 Å². The van der Waals surface area contributed by atoms with E-state index in [1.54, 1.807) is 0 Å². The molecule has 0 spiro atoms. The summed E-state index contributed by atoms with van der Waals surface area (Å²) >= 11 is 4.87. The van der Waals surface area contributed by atoms with E-state index < -0.39 is 11.4 Å². The number of halogens is 3. The predicted molar refractivity (Wildman–Crippen MR) is 50.1 cm³/mol. The first-order valence-electron chi connectivity index (χ1n) is 4.68. The lowest BCUT2D eigenvalue weighted by atomic mass is 10.1. The molecule has 3 N–H and O–H groups in total. The number of nitrogens with one attached hydrogen (secondary N) is 1. The van der Waals surface area contributed by atoms with Gasteiger partial charge < -0.3 is 4.74 Å². The third kappa shape index (κ3) is 3.65. The fourth-order valence-corrected chi connectivity index (χ4v) is 1.74. The second kappa shape index (κ2) is 5.21. The normalized spacial score (nSPS) is 25.3. The third-order valence-corrected chi connectivity index (χ3v) is 2.66. The first-order chi connectivity index (χ1) is 6.54. The molecule has 0 bridgehead atoms. The fourth-order valence-electron chi connectivity index (χ4n) is 1.57. The first kappa shape index (κ1) is 12.1. The van der Waals surface area contributed by atoms with Gasteiger partial charge >= 0.3 is 5.38 Å². The molecule has 1 heterocycles. The highest BCUT2D eigenvalue weighted by molar-refractivity contribution is 6.22. The van der Waals surface area contributed by atoms with Crippen LogP contribution in [0.25, 0.3) is 0 Å². The molecule has 0 aromatic rings. The summed E-state index contributed by atoms with van der Waals surface area (Å²) in [7, 11) is 0. The maximum Gasteiger partial charge on any atom is 0.338 e. The Kier molecular flexibility index (Phi) is 4.50. The van der Waals surface area contributed by atoms with Gasteiger partial charge in [-0.3, -0.25) is 5.84 Å². The summed E-state index contributed by atoms with van der Waals surface area (Å²) in [4.78, 5) is 0. The summed E-state index contributed by atoms with van der Waals surface area (Å²) in [5.41, 5.74) is 2.03. The van der Waals surface area contributed by atoms with Crippen LogP contribution >= 0.6 is 11.6 Å². The van der Waals surface area contributed by atoms with E-state index in [-0.39, 0.29) is 12.5 Å². The van der Waals surface area contributed by atoms with Gasteiger partial charge in [-0.15, -0.1) is 0 Å². The van der Waals surface area contributed by atoms with E-state index in [4.69, 9.17) is 22.2 Å². The smallest absolute Gasteiger partial charge is 0.338 e. The minimum atomic E-state index is -3.30. The van der Waals surface area contributed by atoms with Crippen molar-refractivity contribution >= 4 is 11.6 Å². The lowest BCUT2D eigenvalue weighted by molar-refractivity contribution is 0.0351. The molecule has 0 saturated carbocycles. The minimum Gasteiger partial charge on any atom is -0.378 e. The number of hydrazine groups is 1. The largest absolute Gasteiger partial charge is 0.378 e. The number of hydrogen-bond donors (Lipinski definition) is 2. The van der Waals surface area contributed by atoms with Gasteiger partial charge in [-0.05, 0) is 37.3 Å². The van der Waals surface area contributed by atoms with Gasteiger partial charge in [-0.25, -0.2) is 5.43 Å². The molecule has 0 radical (unpaired) electrons. The van der Waals surface area contributed by atoms with Crippen molar-refractivity contribution < 1.29 is 13.5 Å². The van der Waals surface area contributed by atoms with Crippen molar-refractivity contribution in [2.75, 3.05) is 6.61 Å². The number of alkyl halides is 3. The van der Waals surface area contributed by atoms with Crippen molar-refractivity contribution in [3.05, 3.63) is 0 Å². The molecule has 1 saturated heterocycles. The summed E-state index contributed by atoms with van der Waals surface area (Å²) in [5, 5.41) is -3.30. The van der Waals surface area contributed by atoms with Crippen LogP contribution in [0.15, 0.2) is 0 Å². The van der Waals surface area contributed by atoms with Crippen molar-refractivity contribution in [3.8, 4) is 0 Å². The molecule has 0 amide bonds. The minimum absolute atomic E-state index is 0.0878. The maximum atomic E-state index is 12.6. The lowest BCUT2D eigenvalue weighted by Gasteiger charge is -2.21. The van der Waals surface area contributed by atoms with Crippen LogP contribution in [0.5, 0.6) is 0 Å². The summed E-state index contributed by atoms with van der Waals surface area (Å²) < 4.78 is 30.6. The average Bonchev–Trinajstić information content (AvgIpc) is 2.55.